The third-order valence-corrected chi connectivity index (χ3v) is 3.62. The lowest BCUT2D eigenvalue weighted by Gasteiger charge is -2.22. The first-order valence-corrected chi connectivity index (χ1v) is 8.07. The molecule has 2 heterocycles. The molecule has 1 aliphatic rings. The van der Waals surface area contributed by atoms with E-state index in [0.717, 1.165) is 11.1 Å². The summed E-state index contributed by atoms with van der Waals surface area (Å²) in [6.45, 7) is 0.678. The van der Waals surface area contributed by atoms with E-state index in [0.29, 0.717) is 32.2 Å². The number of benzene rings is 1. The summed E-state index contributed by atoms with van der Waals surface area (Å²) in [5.41, 5.74) is 1.57. The van der Waals surface area contributed by atoms with Gasteiger partial charge in [0, 0.05) is 11.8 Å². The summed E-state index contributed by atoms with van der Waals surface area (Å²) in [6.07, 6.45) is -1.23. The molecule has 1 fully saturated rings. The van der Waals surface area contributed by atoms with Crippen molar-refractivity contribution in [2.24, 2.45) is 0 Å². The number of ether oxygens (including phenoxy) is 4. The van der Waals surface area contributed by atoms with Gasteiger partial charge in [0.1, 0.15) is 24.2 Å². The molecule has 8 heteroatoms. The van der Waals surface area contributed by atoms with Gasteiger partial charge in [-0.25, -0.2) is 0 Å². The molecule has 0 saturated carbocycles. The number of aromatic nitrogens is 1. The Hall–Kier alpha value is -2.32. The van der Waals surface area contributed by atoms with Crippen molar-refractivity contribution < 1.29 is 32.1 Å². The van der Waals surface area contributed by atoms with Crippen LogP contribution in [0.5, 0.6) is 11.5 Å². The highest BCUT2D eigenvalue weighted by Crippen LogP contribution is 2.26. The van der Waals surface area contributed by atoms with E-state index in [1.807, 2.05) is 6.07 Å². The van der Waals surface area contributed by atoms with Gasteiger partial charge in [-0.1, -0.05) is 12.1 Å². The van der Waals surface area contributed by atoms with Crippen molar-refractivity contribution in [2.45, 2.75) is 12.3 Å². The first kappa shape index (κ1) is 18.5. The van der Waals surface area contributed by atoms with E-state index in [1.165, 1.54) is 12.1 Å². The maximum Gasteiger partial charge on any atom is 0.422 e. The third-order valence-electron chi connectivity index (χ3n) is 3.62. The molecule has 1 atom stereocenters. The summed E-state index contributed by atoms with van der Waals surface area (Å²) in [6, 6.07) is 8.13. The molecular formula is C18H18F3NO4. The van der Waals surface area contributed by atoms with Gasteiger partial charge in [-0.15, -0.1) is 0 Å². The monoisotopic (exact) mass is 369 g/mol. The molecule has 0 N–H and O–H groups in total. The second kappa shape index (κ2) is 8.37. The van der Waals surface area contributed by atoms with Crippen LogP contribution in [-0.4, -0.2) is 50.3 Å². The van der Waals surface area contributed by atoms with Gasteiger partial charge in [0.15, 0.2) is 6.61 Å². The molecule has 1 aromatic heterocycles. The summed E-state index contributed by atoms with van der Waals surface area (Å²) >= 11 is 0. The summed E-state index contributed by atoms with van der Waals surface area (Å²) in [7, 11) is 0. The van der Waals surface area contributed by atoms with Crippen LogP contribution in [0.15, 0.2) is 42.7 Å². The lowest BCUT2D eigenvalue weighted by atomic mass is 10.1. The second-order valence-electron chi connectivity index (χ2n) is 5.72. The van der Waals surface area contributed by atoms with Crippen LogP contribution in [0.1, 0.15) is 0 Å². The minimum absolute atomic E-state index is 0.113. The van der Waals surface area contributed by atoms with E-state index in [1.54, 1.807) is 24.5 Å². The van der Waals surface area contributed by atoms with Crippen molar-refractivity contribution in [1.82, 2.24) is 4.98 Å². The number of rotatable bonds is 6. The molecular weight excluding hydrogens is 351 g/mol. The second-order valence-corrected chi connectivity index (χ2v) is 5.72. The predicted molar refractivity (Wildman–Crippen MR) is 87.3 cm³/mol. The van der Waals surface area contributed by atoms with E-state index in [-0.39, 0.29) is 11.9 Å². The highest BCUT2D eigenvalue weighted by Gasteiger charge is 2.28. The van der Waals surface area contributed by atoms with Gasteiger partial charge >= 0.3 is 6.18 Å². The number of halogens is 3. The van der Waals surface area contributed by atoms with Crippen LogP contribution >= 0.6 is 0 Å². The van der Waals surface area contributed by atoms with Gasteiger partial charge in [-0.05, 0) is 23.8 Å². The Bertz CT molecular complexity index is 700. The molecule has 0 radical (unpaired) electrons. The molecule has 2 aromatic rings. The fraction of sp³-hybridized carbons (Fsp3) is 0.389. The molecule has 5 nitrogen and oxygen atoms in total. The minimum Gasteiger partial charge on any atom is -0.489 e. The van der Waals surface area contributed by atoms with Gasteiger partial charge in [0.2, 0.25) is 0 Å². The quantitative estimate of drug-likeness (QED) is 0.780. The minimum atomic E-state index is -4.36. The zero-order valence-corrected chi connectivity index (χ0v) is 13.9. The van der Waals surface area contributed by atoms with Crippen molar-refractivity contribution in [3.05, 3.63) is 42.7 Å². The lowest BCUT2D eigenvalue weighted by Crippen LogP contribution is -2.33. The Balaban J connectivity index is 1.60. The molecule has 1 aromatic carbocycles. The van der Waals surface area contributed by atoms with Crippen molar-refractivity contribution in [1.29, 1.82) is 0 Å². The van der Waals surface area contributed by atoms with E-state index >= 15 is 0 Å². The maximum atomic E-state index is 12.2. The molecule has 0 bridgehead atoms. The molecule has 1 saturated heterocycles. The number of nitrogens with zero attached hydrogens (tertiary/aromatic N) is 1. The van der Waals surface area contributed by atoms with Crippen molar-refractivity contribution in [3.63, 3.8) is 0 Å². The highest BCUT2D eigenvalue weighted by molar-refractivity contribution is 5.64. The zero-order chi connectivity index (χ0) is 18.4. The molecule has 140 valence electrons. The van der Waals surface area contributed by atoms with Gasteiger partial charge in [-0.3, -0.25) is 4.98 Å². The normalized spacial score (nSPS) is 17.7. The van der Waals surface area contributed by atoms with Gasteiger partial charge < -0.3 is 18.9 Å². The van der Waals surface area contributed by atoms with Gasteiger partial charge in [0.05, 0.1) is 26.0 Å². The molecule has 0 amide bonds. The van der Waals surface area contributed by atoms with Crippen LogP contribution in [0.3, 0.4) is 0 Å². The van der Waals surface area contributed by atoms with Gasteiger partial charge in [0.25, 0.3) is 0 Å². The van der Waals surface area contributed by atoms with Crippen molar-refractivity contribution >= 4 is 0 Å². The molecule has 0 aliphatic carbocycles. The average Bonchev–Trinajstić information content (AvgIpc) is 2.66. The SMILES string of the molecule is FC(F)(F)COc1ccc(-c2cncc(OC[C@H]3COCCO3)c2)cc1. The van der Waals surface area contributed by atoms with Crippen molar-refractivity contribution in [2.75, 3.05) is 33.0 Å². The summed E-state index contributed by atoms with van der Waals surface area (Å²) < 4.78 is 57.7. The molecule has 0 unspecified atom stereocenters. The Morgan fingerprint density at radius 3 is 2.50 bits per heavy atom. The Kier molecular flexibility index (Phi) is 5.95. The predicted octanol–water partition coefficient (Wildman–Crippen LogP) is 3.48. The summed E-state index contributed by atoms with van der Waals surface area (Å²) in [5, 5.41) is 0. The standard InChI is InChI=1S/C18H18F3NO4/c19-18(20,21)12-26-15-3-1-13(2-4-15)14-7-16(9-22-8-14)25-11-17-10-23-5-6-24-17/h1-4,7-9,17H,5-6,10-12H2/t17-/m1/s1. The summed E-state index contributed by atoms with van der Waals surface area (Å²) in [4.78, 5) is 4.14. The third kappa shape index (κ3) is 5.60. The van der Waals surface area contributed by atoms with Crippen molar-refractivity contribution in [3.8, 4) is 22.6 Å². The fourth-order valence-electron chi connectivity index (χ4n) is 2.39. The number of alkyl halides is 3. The van der Waals surface area contributed by atoms with Crippen LogP contribution in [0.4, 0.5) is 13.2 Å². The van der Waals surface area contributed by atoms with Gasteiger partial charge in [-0.2, -0.15) is 13.2 Å². The van der Waals surface area contributed by atoms with E-state index in [9.17, 15) is 13.2 Å². The molecule has 3 rings (SSSR count). The Labute approximate surface area is 148 Å². The molecule has 26 heavy (non-hydrogen) atoms. The Morgan fingerprint density at radius 1 is 1.00 bits per heavy atom. The average molecular weight is 369 g/mol. The number of pyridine rings is 1. The lowest BCUT2D eigenvalue weighted by molar-refractivity contribution is -0.153. The van der Waals surface area contributed by atoms with Crippen LogP contribution in [0, 0.1) is 0 Å². The first-order valence-electron chi connectivity index (χ1n) is 8.07. The summed E-state index contributed by atoms with van der Waals surface area (Å²) in [5.74, 6) is 0.731. The smallest absolute Gasteiger partial charge is 0.422 e. The first-order chi connectivity index (χ1) is 12.5. The van der Waals surface area contributed by atoms with E-state index < -0.39 is 12.8 Å². The van der Waals surface area contributed by atoms with E-state index in [2.05, 4.69) is 4.98 Å². The molecule has 1 aliphatic heterocycles. The maximum absolute atomic E-state index is 12.2. The van der Waals surface area contributed by atoms with Crippen LogP contribution in [-0.2, 0) is 9.47 Å². The molecule has 0 spiro atoms. The number of hydrogen-bond acceptors (Lipinski definition) is 5. The Morgan fingerprint density at radius 2 is 1.81 bits per heavy atom. The van der Waals surface area contributed by atoms with Crippen LogP contribution in [0.2, 0.25) is 0 Å². The largest absolute Gasteiger partial charge is 0.489 e. The zero-order valence-electron chi connectivity index (χ0n) is 13.9. The fourth-order valence-corrected chi connectivity index (χ4v) is 2.39. The van der Waals surface area contributed by atoms with E-state index in [4.69, 9.17) is 18.9 Å². The van der Waals surface area contributed by atoms with Crippen LogP contribution in [0.25, 0.3) is 11.1 Å². The number of hydrogen-bond donors (Lipinski definition) is 0. The van der Waals surface area contributed by atoms with Crippen LogP contribution < -0.4 is 9.47 Å². The topological polar surface area (TPSA) is 49.8 Å². The highest BCUT2D eigenvalue weighted by atomic mass is 19.4.